The second-order valence-electron chi connectivity index (χ2n) is 5.35. The van der Waals surface area contributed by atoms with Crippen LogP contribution in [0.15, 0.2) is 36.4 Å². The quantitative estimate of drug-likeness (QED) is 0.733. The number of rotatable bonds is 7. The lowest BCUT2D eigenvalue weighted by molar-refractivity contribution is 0.322. The van der Waals surface area contributed by atoms with Crippen molar-refractivity contribution in [3.05, 3.63) is 47.5 Å². The van der Waals surface area contributed by atoms with E-state index in [-0.39, 0.29) is 0 Å². The molecule has 0 bridgehead atoms. The van der Waals surface area contributed by atoms with E-state index in [4.69, 9.17) is 26.4 Å². The molecule has 2 aromatic carbocycles. The molecule has 0 aliphatic carbocycles. The van der Waals surface area contributed by atoms with Gasteiger partial charge in [0.05, 0.1) is 21.3 Å². The van der Waals surface area contributed by atoms with Crippen LogP contribution in [0.1, 0.15) is 18.1 Å². The Morgan fingerprint density at radius 3 is 2.16 bits per heavy atom. The number of nitrogens with one attached hydrogen (secondary N) is 2. The Labute approximate surface area is 154 Å². The van der Waals surface area contributed by atoms with E-state index in [2.05, 4.69) is 29.7 Å². The third kappa shape index (κ3) is 4.76. The maximum Gasteiger partial charge on any atom is 0.203 e. The van der Waals surface area contributed by atoms with Crippen LogP contribution >= 0.6 is 12.2 Å². The molecule has 0 amide bonds. The Balaban J connectivity index is 2.03. The molecule has 6 heteroatoms. The van der Waals surface area contributed by atoms with E-state index in [9.17, 15) is 0 Å². The zero-order valence-corrected chi connectivity index (χ0v) is 15.8. The summed E-state index contributed by atoms with van der Waals surface area (Å²) in [5, 5.41) is 6.90. The molecule has 0 saturated heterocycles. The van der Waals surface area contributed by atoms with Crippen molar-refractivity contribution in [2.24, 2.45) is 0 Å². The van der Waals surface area contributed by atoms with Gasteiger partial charge in [0.15, 0.2) is 16.6 Å². The fraction of sp³-hybridized carbons (Fsp3) is 0.316. The van der Waals surface area contributed by atoms with Crippen LogP contribution in [0, 0.1) is 0 Å². The fourth-order valence-electron chi connectivity index (χ4n) is 2.48. The fourth-order valence-corrected chi connectivity index (χ4v) is 2.67. The van der Waals surface area contributed by atoms with Gasteiger partial charge in [-0.1, -0.05) is 19.1 Å². The minimum absolute atomic E-state index is 0.502. The molecule has 0 heterocycles. The van der Waals surface area contributed by atoms with E-state index in [0.29, 0.717) is 28.9 Å². The Hall–Kier alpha value is -2.47. The average Bonchev–Trinajstić information content (AvgIpc) is 2.65. The van der Waals surface area contributed by atoms with E-state index in [1.807, 2.05) is 24.3 Å². The number of thiocarbonyl (C=S) groups is 1. The minimum atomic E-state index is 0.502. The second-order valence-corrected chi connectivity index (χ2v) is 5.76. The lowest BCUT2D eigenvalue weighted by Crippen LogP contribution is -2.28. The molecule has 0 unspecified atom stereocenters. The first-order valence-corrected chi connectivity index (χ1v) is 8.45. The van der Waals surface area contributed by atoms with Crippen LogP contribution < -0.4 is 24.8 Å². The Kier molecular flexibility index (Phi) is 6.89. The number of anilines is 1. The summed E-state index contributed by atoms with van der Waals surface area (Å²) in [4.78, 5) is 0. The maximum absolute atomic E-state index is 5.48. The predicted octanol–water partition coefficient (Wildman–Crippen LogP) is 3.76. The van der Waals surface area contributed by atoms with Gasteiger partial charge in [0, 0.05) is 17.8 Å². The third-order valence-corrected chi connectivity index (χ3v) is 4.09. The van der Waals surface area contributed by atoms with Crippen LogP contribution in [0.3, 0.4) is 0 Å². The zero-order chi connectivity index (χ0) is 18.2. The van der Waals surface area contributed by atoms with Crippen LogP contribution in [-0.2, 0) is 13.0 Å². The molecule has 2 N–H and O–H groups in total. The molecule has 0 aliphatic rings. The number of benzene rings is 2. The molecule has 0 spiro atoms. The van der Waals surface area contributed by atoms with E-state index >= 15 is 0 Å². The molecular weight excluding hydrogens is 336 g/mol. The van der Waals surface area contributed by atoms with Gasteiger partial charge >= 0.3 is 0 Å². The van der Waals surface area contributed by atoms with Gasteiger partial charge in [0.2, 0.25) is 5.75 Å². The normalized spacial score (nSPS) is 10.1. The number of ether oxygens (including phenoxy) is 3. The molecule has 0 aromatic heterocycles. The van der Waals surface area contributed by atoms with Crippen LogP contribution in [0.4, 0.5) is 5.69 Å². The lowest BCUT2D eigenvalue weighted by Gasteiger charge is -2.17. The summed E-state index contributed by atoms with van der Waals surface area (Å²) in [6.45, 7) is 2.63. The summed E-state index contributed by atoms with van der Waals surface area (Å²) >= 11 is 5.37. The standard InChI is InChI=1S/C19H24N2O3S/c1-5-13-6-9-15(10-7-13)21-19(25)20-12-14-8-11-16(22-2)18(24-4)17(14)23-3/h6-11H,5,12H2,1-4H3,(H2,20,21,25). The molecule has 0 aliphatic heterocycles. The van der Waals surface area contributed by atoms with Gasteiger partial charge in [-0.3, -0.25) is 0 Å². The molecule has 0 atom stereocenters. The molecule has 0 saturated carbocycles. The summed E-state index contributed by atoms with van der Waals surface area (Å²) in [7, 11) is 4.79. The molecule has 134 valence electrons. The average molecular weight is 360 g/mol. The van der Waals surface area contributed by atoms with Crippen LogP contribution in [0.25, 0.3) is 0 Å². The summed E-state index contributed by atoms with van der Waals surface area (Å²) in [5.74, 6) is 1.82. The van der Waals surface area contributed by atoms with Crippen LogP contribution in [0.2, 0.25) is 0 Å². The monoisotopic (exact) mass is 360 g/mol. The first-order chi connectivity index (χ1) is 12.1. The maximum atomic E-state index is 5.48. The van der Waals surface area contributed by atoms with E-state index in [0.717, 1.165) is 17.7 Å². The third-order valence-electron chi connectivity index (χ3n) is 3.85. The highest BCUT2D eigenvalue weighted by molar-refractivity contribution is 7.80. The molecule has 2 rings (SSSR count). The Bertz CT molecular complexity index is 717. The first-order valence-electron chi connectivity index (χ1n) is 8.04. The smallest absolute Gasteiger partial charge is 0.203 e. The number of hydrogen-bond donors (Lipinski definition) is 2. The van der Waals surface area contributed by atoms with Crippen molar-refractivity contribution in [1.29, 1.82) is 0 Å². The molecular formula is C19H24N2O3S. The highest BCUT2D eigenvalue weighted by Gasteiger charge is 2.15. The van der Waals surface area contributed by atoms with Crippen molar-refractivity contribution < 1.29 is 14.2 Å². The largest absolute Gasteiger partial charge is 0.493 e. The van der Waals surface area contributed by atoms with E-state index < -0.39 is 0 Å². The van der Waals surface area contributed by atoms with Gasteiger partial charge in [-0.2, -0.15) is 0 Å². The second kappa shape index (κ2) is 9.13. The van der Waals surface area contributed by atoms with Crippen molar-refractivity contribution in [2.75, 3.05) is 26.6 Å². The predicted molar refractivity (Wildman–Crippen MR) is 105 cm³/mol. The zero-order valence-electron chi connectivity index (χ0n) is 15.0. The van der Waals surface area contributed by atoms with Crippen LogP contribution in [0.5, 0.6) is 17.2 Å². The number of aryl methyl sites for hydroxylation is 1. The van der Waals surface area contributed by atoms with Gasteiger partial charge in [-0.05, 0) is 48.5 Å². The topological polar surface area (TPSA) is 51.8 Å². The van der Waals surface area contributed by atoms with Gasteiger partial charge in [0.25, 0.3) is 0 Å². The highest BCUT2D eigenvalue weighted by atomic mass is 32.1. The van der Waals surface area contributed by atoms with Gasteiger partial charge < -0.3 is 24.8 Å². The van der Waals surface area contributed by atoms with E-state index in [1.54, 1.807) is 21.3 Å². The Morgan fingerprint density at radius 1 is 0.920 bits per heavy atom. The first kappa shape index (κ1) is 18.9. The number of hydrogen-bond acceptors (Lipinski definition) is 4. The lowest BCUT2D eigenvalue weighted by atomic mass is 10.1. The molecule has 25 heavy (non-hydrogen) atoms. The van der Waals surface area contributed by atoms with Gasteiger partial charge in [-0.15, -0.1) is 0 Å². The van der Waals surface area contributed by atoms with Crippen molar-refractivity contribution in [1.82, 2.24) is 5.32 Å². The van der Waals surface area contributed by atoms with Gasteiger partial charge in [0.1, 0.15) is 0 Å². The molecule has 2 aromatic rings. The van der Waals surface area contributed by atoms with Crippen molar-refractivity contribution >= 4 is 23.0 Å². The Morgan fingerprint density at radius 2 is 1.60 bits per heavy atom. The van der Waals surface area contributed by atoms with Crippen molar-refractivity contribution in [3.63, 3.8) is 0 Å². The van der Waals surface area contributed by atoms with Crippen molar-refractivity contribution in [3.8, 4) is 17.2 Å². The molecule has 0 fully saturated rings. The molecule has 0 radical (unpaired) electrons. The molecule has 5 nitrogen and oxygen atoms in total. The van der Waals surface area contributed by atoms with Gasteiger partial charge in [-0.25, -0.2) is 0 Å². The summed E-state index contributed by atoms with van der Waals surface area (Å²) < 4.78 is 16.2. The van der Waals surface area contributed by atoms with Crippen LogP contribution in [-0.4, -0.2) is 26.4 Å². The minimum Gasteiger partial charge on any atom is -0.493 e. The summed E-state index contributed by atoms with van der Waals surface area (Å²) in [5.41, 5.74) is 3.17. The summed E-state index contributed by atoms with van der Waals surface area (Å²) in [6.07, 6.45) is 1.02. The number of methoxy groups -OCH3 is 3. The summed E-state index contributed by atoms with van der Waals surface area (Å²) in [6, 6.07) is 12.0. The van der Waals surface area contributed by atoms with Crippen molar-refractivity contribution in [2.45, 2.75) is 19.9 Å². The van der Waals surface area contributed by atoms with E-state index in [1.165, 1.54) is 5.56 Å². The highest BCUT2D eigenvalue weighted by Crippen LogP contribution is 2.39. The SMILES string of the molecule is CCc1ccc(NC(=S)NCc2ccc(OC)c(OC)c2OC)cc1.